The van der Waals surface area contributed by atoms with Crippen molar-refractivity contribution in [2.24, 2.45) is 0 Å². The molecule has 0 saturated carbocycles. The van der Waals surface area contributed by atoms with Gasteiger partial charge in [0.05, 0.1) is 10.0 Å². The first-order valence-electron chi connectivity index (χ1n) is 6.96. The summed E-state index contributed by atoms with van der Waals surface area (Å²) in [4.78, 5) is 15.7. The molecule has 116 valence electrons. The highest BCUT2D eigenvalue weighted by Gasteiger charge is 2.05. The molecule has 2 rings (SSSR count). The summed E-state index contributed by atoms with van der Waals surface area (Å²) in [5, 5.41) is 7.13. The molecule has 2 aromatic rings. The van der Waals surface area contributed by atoms with E-state index >= 15 is 0 Å². The molecule has 1 aromatic carbocycles. The predicted octanol–water partition coefficient (Wildman–Crippen LogP) is 3.18. The molecular weight excluding hydrogens is 321 g/mol. The van der Waals surface area contributed by atoms with Gasteiger partial charge in [0.15, 0.2) is 0 Å². The van der Waals surface area contributed by atoms with Crippen LogP contribution in [0.1, 0.15) is 17.5 Å². The maximum Gasteiger partial charge on any atom is 0.221 e. The van der Waals surface area contributed by atoms with Gasteiger partial charge in [0.25, 0.3) is 0 Å². The number of carbonyl (C=O) groups excluding carboxylic acids is 1. The zero-order valence-corrected chi connectivity index (χ0v) is 13.5. The van der Waals surface area contributed by atoms with Crippen LogP contribution in [-0.4, -0.2) is 17.4 Å². The van der Waals surface area contributed by atoms with Crippen molar-refractivity contribution >= 4 is 29.1 Å². The standard InChI is InChI=1S/C16H17Cl2N3O/c17-14-5-1-4-13(16(14)18)11-20-8-6-15(22)21-10-12-3-2-7-19-9-12/h1-5,7,9,20H,6,8,10-11H2,(H,21,22). The summed E-state index contributed by atoms with van der Waals surface area (Å²) in [6.07, 6.45) is 3.84. The minimum atomic E-state index is -0.00598. The van der Waals surface area contributed by atoms with Gasteiger partial charge < -0.3 is 10.6 Å². The number of carbonyl (C=O) groups is 1. The third kappa shape index (κ3) is 5.30. The largest absolute Gasteiger partial charge is 0.352 e. The van der Waals surface area contributed by atoms with E-state index in [0.717, 1.165) is 11.1 Å². The number of halogens is 2. The zero-order chi connectivity index (χ0) is 15.8. The number of nitrogens with one attached hydrogen (secondary N) is 2. The summed E-state index contributed by atoms with van der Waals surface area (Å²) >= 11 is 12.0. The normalized spacial score (nSPS) is 10.5. The highest BCUT2D eigenvalue weighted by Crippen LogP contribution is 2.25. The molecule has 6 heteroatoms. The Kier molecular flexibility index (Phi) is 6.65. The van der Waals surface area contributed by atoms with Gasteiger partial charge in [-0.25, -0.2) is 0 Å². The van der Waals surface area contributed by atoms with Gasteiger partial charge in [-0.05, 0) is 23.3 Å². The van der Waals surface area contributed by atoms with Gasteiger partial charge in [-0.15, -0.1) is 0 Å². The lowest BCUT2D eigenvalue weighted by atomic mass is 10.2. The van der Waals surface area contributed by atoms with Gasteiger partial charge in [-0.1, -0.05) is 41.4 Å². The molecule has 0 fully saturated rings. The van der Waals surface area contributed by atoms with Gasteiger partial charge in [0.2, 0.25) is 5.91 Å². The lowest BCUT2D eigenvalue weighted by molar-refractivity contribution is -0.121. The lowest BCUT2D eigenvalue weighted by Crippen LogP contribution is -2.27. The number of pyridine rings is 1. The lowest BCUT2D eigenvalue weighted by Gasteiger charge is -2.08. The van der Waals surface area contributed by atoms with Crippen LogP contribution in [0, 0.1) is 0 Å². The SMILES string of the molecule is O=C(CCNCc1cccc(Cl)c1Cl)NCc1cccnc1. The second kappa shape index (κ2) is 8.73. The Morgan fingerprint density at radius 1 is 1.14 bits per heavy atom. The molecule has 0 saturated heterocycles. The van der Waals surface area contributed by atoms with E-state index in [1.165, 1.54) is 0 Å². The minimum absolute atomic E-state index is 0.00598. The molecule has 4 nitrogen and oxygen atoms in total. The van der Waals surface area contributed by atoms with Crippen molar-refractivity contribution < 1.29 is 4.79 Å². The van der Waals surface area contributed by atoms with Crippen molar-refractivity contribution in [1.82, 2.24) is 15.6 Å². The molecule has 1 heterocycles. The average molecular weight is 338 g/mol. The van der Waals surface area contributed by atoms with Crippen LogP contribution in [0.2, 0.25) is 10.0 Å². The molecular formula is C16H17Cl2N3O. The third-order valence-corrected chi connectivity index (χ3v) is 3.95. The summed E-state index contributed by atoms with van der Waals surface area (Å²) in [5.41, 5.74) is 1.90. The smallest absolute Gasteiger partial charge is 0.221 e. The van der Waals surface area contributed by atoms with E-state index in [1.54, 1.807) is 18.5 Å². The van der Waals surface area contributed by atoms with Crippen molar-refractivity contribution in [3.63, 3.8) is 0 Å². The second-order valence-corrected chi connectivity index (χ2v) is 5.56. The molecule has 0 spiro atoms. The van der Waals surface area contributed by atoms with Crippen molar-refractivity contribution in [2.75, 3.05) is 6.54 Å². The van der Waals surface area contributed by atoms with Crippen LogP contribution in [0.15, 0.2) is 42.7 Å². The van der Waals surface area contributed by atoms with E-state index in [2.05, 4.69) is 15.6 Å². The van der Waals surface area contributed by atoms with Crippen LogP contribution in [0.25, 0.3) is 0 Å². The minimum Gasteiger partial charge on any atom is -0.352 e. The summed E-state index contributed by atoms with van der Waals surface area (Å²) < 4.78 is 0. The number of benzene rings is 1. The number of amides is 1. The number of nitrogens with zero attached hydrogens (tertiary/aromatic N) is 1. The zero-order valence-electron chi connectivity index (χ0n) is 12.0. The maximum atomic E-state index is 11.7. The summed E-state index contributed by atoms with van der Waals surface area (Å²) in [6.45, 7) is 1.64. The predicted molar refractivity (Wildman–Crippen MR) is 88.9 cm³/mol. The van der Waals surface area contributed by atoms with Gasteiger partial charge in [-0.2, -0.15) is 0 Å². The third-order valence-electron chi connectivity index (χ3n) is 3.09. The summed E-state index contributed by atoms with van der Waals surface area (Å²) in [5.74, 6) is -0.00598. The van der Waals surface area contributed by atoms with E-state index in [4.69, 9.17) is 23.2 Å². The molecule has 0 atom stereocenters. The van der Waals surface area contributed by atoms with Crippen LogP contribution < -0.4 is 10.6 Å². The van der Waals surface area contributed by atoms with E-state index in [0.29, 0.717) is 36.1 Å². The fourth-order valence-corrected chi connectivity index (χ4v) is 2.29. The maximum absolute atomic E-state index is 11.7. The molecule has 1 amide bonds. The quantitative estimate of drug-likeness (QED) is 0.763. The van der Waals surface area contributed by atoms with Crippen molar-refractivity contribution in [3.8, 4) is 0 Å². The molecule has 1 aromatic heterocycles. The summed E-state index contributed by atoms with van der Waals surface area (Å²) in [6, 6.07) is 9.28. The van der Waals surface area contributed by atoms with Gasteiger partial charge >= 0.3 is 0 Å². The molecule has 0 aliphatic carbocycles. The molecule has 22 heavy (non-hydrogen) atoms. The Morgan fingerprint density at radius 2 is 2.00 bits per heavy atom. The Hall–Kier alpha value is -1.62. The van der Waals surface area contributed by atoms with Crippen LogP contribution in [0.5, 0.6) is 0 Å². The fourth-order valence-electron chi connectivity index (χ4n) is 1.90. The topological polar surface area (TPSA) is 54.0 Å². The van der Waals surface area contributed by atoms with Crippen molar-refractivity contribution in [2.45, 2.75) is 19.5 Å². The van der Waals surface area contributed by atoms with Crippen LogP contribution in [0.3, 0.4) is 0 Å². The van der Waals surface area contributed by atoms with Gasteiger partial charge in [0.1, 0.15) is 0 Å². The van der Waals surface area contributed by atoms with Crippen LogP contribution >= 0.6 is 23.2 Å². The van der Waals surface area contributed by atoms with E-state index in [1.807, 2.05) is 24.3 Å². The molecule has 0 aliphatic heterocycles. The number of aromatic nitrogens is 1. The Morgan fingerprint density at radius 3 is 2.77 bits per heavy atom. The van der Waals surface area contributed by atoms with Crippen molar-refractivity contribution in [3.05, 3.63) is 63.9 Å². The Balaban J connectivity index is 1.66. The Labute approximate surface area is 139 Å². The highest BCUT2D eigenvalue weighted by molar-refractivity contribution is 6.42. The molecule has 0 aliphatic rings. The fraction of sp³-hybridized carbons (Fsp3) is 0.250. The summed E-state index contributed by atoms with van der Waals surface area (Å²) in [7, 11) is 0. The van der Waals surface area contributed by atoms with Gasteiger partial charge in [-0.3, -0.25) is 9.78 Å². The highest BCUT2D eigenvalue weighted by atomic mass is 35.5. The molecule has 0 bridgehead atoms. The monoisotopic (exact) mass is 337 g/mol. The molecule has 0 radical (unpaired) electrons. The Bertz CT molecular complexity index is 620. The first kappa shape index (κ1) is 16.7. The molecule has 2 N–H and O–H groups in total. The number of rotatable bonds is 7. The van der Waals surface area contributed by atoms with Crippen LogP contribution in [-0.2, 0) is 17.9 Å². The van der Waals surface area contributed by atoms with E-state index in [-0.39, 0.29) is 5.91 Å². The molecule has 0 unspecified atom stereocenters. The first-order chi connectivity index (χ1) is 10.7. The first-order valence-corrected chi connectivity index (χ1v) is 7.71. The second-order valence-electron chi connectivity index (χ2n) is 4.78. The number of hydrogen-bond donors (Lipinski definition) is 2. The van der Waals surface area contributed by atoms with Crippen LogP contribution in [0.4, 0.5) is 0 Å². The van der Waals surface area contributed by atoms with E-state index < -0.39 is 0 Å². The van der Waals surface area contributed by atoms with Crippen molar-refractivity contribution in [1.29, 1.82) is 0 Å². The number of hydrogen-bond acceptors (Lipinski definition) is 3. The van der Waals surface area contributed by atoms with Gasteiger partial charge in [0, 0.05) is 38.4 Å². The average Bonchev–Trinajstić information content (AvgIpc) is 2.54. The van der Waals surface area contributed by atoms with E-state index in [9.17, 15) is 4.79 Å².